The van der Waals surface area contributed by atoms with Gasteiger partial charge in [0, 0.05) is 26.2 Å². The van der Waals surface area contributed by atoms with Crippen molar-refractivity contribution in [1.82, 2.24) is 14.5 Å². The molecule has 37 heavy (non-hydrogen) atoms. The van der Waals surface area contributed by atoms with Gasteiger partial charge in [-0.1, -0.05) is 18.2 Å². The number of methoxy groups -OCH3 is 1. The molecule has 2 aromatic carbocycles. The van der Waals surface area contributed by atoms with E-state index in [1.807, 2.05) is 28.8 Å². The van der Waals surface area contributed by atoms with Crippen LogP contribution in [0.5, 0.6) is 11.5 Å². The highest BCUT2D eigenvalue weighted by Gasteiger charge is 2.47. The first-order valence-electron chi connectivity index (χ1n) is 12.7. The van der Waals surface area contributed by atoms with Crippen molar-refractivity contribution in [2.45, 2.75) is 19.4 Å². The monoisotopic (exact) mass is 508 g/mol. The highest BCUT2D eigenvalue weighted by molar-refractivity contribution is 6.08. The van der Waals surface area contributed by atoms with Gasteiger partial charge in [0.25, 0.3) is 0 Å². The van der Waals surface area contributed by atoms with Gasteiger partial charge in [0.2, 0.25) is 11.9 Å². The van der Waals surface area contributed by atoms with E-state index in [0.29, 0.717) is 37.0 Å². The molecule has 10 nitrogen and oxygen atoms in total. The predicted octanol–water partition coefficient (Wildman–Crippen LogP) is 2.59. The summed E-state index contributed by atoms with van der Waals surface area (Å²) in [7, 11) is 1.47. The van der Waals surface area contributed by atoms with Crippen LogP contribution in [0.15, 0.2) is 42.5 Å². The fourth-order valence-electron chi connectivity index (χ4n) is 5.23. The normalized spacial score (nSPS) is 20.2. The molecule has 3 heterocycles. The number of ether oxygens (including phenoxy) is 3. The van der Waals surface area contributed by atoms with Gasteiger partial charge in [-0.05, 0) is 43.2 Å². The molecule has 2 atom stereocenters. The Kier molecular flexibility index (Phi) is 7.29. The Bertz CT molecular complexity index is 1290. The maximum absolute atomic E-state index is 14.0. The van der Waals surface area contributed by atoms with Crippen LogP contribution < -0.4 is 9.64 Å². The number of phenolic OH excluding ortho intramolecular Hbond substituents is 1. The molecule has 2 aliphatic rings. The number of carbonyl (C=O) groups excluding carboxylic acids is 2. The van der Waals surface area contributed by atoms with Crippen molar-refractivity contribution in [1.29, 1.82) is 0 Å². The molecule has 1 saturated heterocycles. The quantitative estimate of drug-likeness (QED) is 0.366. The number of esters is 1. The molecule has 1 aromatic heterocycles. The summed E-state index contributed by atoms with van der Waals surface area (Å²) in [6.07, 6.45) is 0.721. The predicted molar refractivity (Wildman–Crippen MR) is 137 cm³/mol. The molecular formula is C27H32N4O6. The maximum Gasteiger partial charge on any atom is 0.321 e. The van der Waals surface area contributed by atoms with Gasteiger partial charge in [0.05, 0.1) is 44.0 Å². The van der Waals surface area contributed by atoms with E-state index >= 15 is 0 Å². The van der Waals surface area contributed by atoms with E-state index in [-0.39, 0.29) is 18.3 Å². The molecule has 0 aliphatic carbocycles. The average molecular weight is 509 g/mol. The van der Waals surface area contributed by atoms with Gasteiger partial charge < -0.3 is 23.9 Å². The van der Waals surface area contributed by atoms with E-state index in [2.05, 4.69) is 4.90 Å². The number of anilines is 1. The number of para-hydroxylation sites is 2. The fourth-order valence-corrected chi connectivity index (χ4v) is 5.23. The van der Waals surface area contributed by atoms with Gasteiger partial charge in [-0.2, -0.15) is 0 Å². The van der Waals surface area contributed by atoms with Crippen LogP contribution in [0.2, 0.25) is 0 Å². The topological polar surface area (TPSA) is 106 Å². The van der Waals surface area contributed by atoms with Crippen LogP contribution in [0.25, 0.3) is 11.0 Å². The lowest BCUT2D eigenvalue weighted by Gasteiger charge is -2.38. The summed E-state index contributed by atoms with van der Waals surface area (Å²) < 4.78 is 18.0. The Hall–Kier alpha value is -3.63. The zero-order valence-corrected chi connectivity index (χ0v) is 21.1. The van der Waals surface area contributed by atoms with Crippen molar-refractivity contribution in [2.24, 2.45) is 5.92 Å². The number of rotatable bonds is 8. The number of carbonyl (C=O) groups is 2. The molecular weight excluding hydrogens is 476 g/mol. The Labute approximate surface area is 215 Å². The van der Waals surface area contributed by atoms with Gasteiger partial charge in [-0.3, -0.25) is 19.4 Å². The lowest BCUT2D eigenvalue weighted by molar-refractivity contribution is -0.153. The molecule has 196 valence electrons. The minimum atomic E-state index is -1.14. The summed E-state index contributed by atoms with van der Waals surface area (Å²) in [5, 5.41) is 10.5. The molecule has 1 fully saturated rings. The van der Waals surface area contributed by atoms with E-state index in [0.717, 1.165) is 37.1 Å². The SMILES string of the molecule is CCOC(=O)[C@@H]1C(=O)N(CCCN2CCOCC2)c2nc3ccccc3n2[C@H]1c1ccc(OC)c(O)c1. The van der Waals surface area contributed by atoms with Crippen molar-refractivity contribution in [3.8, 4) is 11.5 Å². The van der Waals surface area contributed by atoms with Gasteiger partial charge in [-0.25, -0.2) is 4.98 Å². The Morgan fingerprint density at radius 3 is 2.68 bits per heavy atom. The number of benzene rings is 2. The largest absolute Gasteiger partial charge is 0.504 e. The van der Waals surface area contributed by atoms with Crippen LogP contribution in [-0.4, -0.2) is 84.5 Å². The fraction of sp³-hybridized carbons (Fsp3) is 0.444. The van der Waals surface area contributed by atoms with Crippen LogP contribution >= 0.6 is 0 Å². The lowest BCUT2D eigenvalue weighted by Crippen LogP contribution is -2.51. The van der Waals surface area contributed by atoms with Crippen LogP contribution in [0.3, 0.4) is 0 Å². The molecule has 0 spiro atoms. The van der Waals surface area contributed by atoms with E-state index in [1.165, 1.54) is 13.2 Å². The minimum Gasteiger partial charge on any atom is -0.504 e. The molecule has 3 aromatic rings. The second-order valence-corrected chi connectivity index (χ2v) is 9.17. The number of morpholine rings is 1. The lowest BCUT2D eigenvalue weighted by atomic mass is 9.89. The Balaban J connectivity index is 1.59. The number of aromatic hydroxyl groups is 1. The van der Waals surface area contributed by atoms with E-state index in [4.69, 9.17) is 19.2 Å². The Morgan fingerprint density at radius 1 is 1.16 bits per heavy atom. The third-order valence-corrected chi connectivity index (χ3v) is 6.99. The molecule has 2 aliphatic heterocycles. The van der Waals surface area contributed by atoms with Crippen LogP contribution in [-0.2, 0) is 19.1 Å². The molecule has 10 heteroatoms. The number of imidazole rings is 1. The molecule has 5 rings (SSSR count). The first-order chi connectivity index (χ1) is 18.0. The summed E-state index contributed by atoms with van der Waals surface area (Å²) in [6, 6.07) is 11.8. The summed E-state index contributed by atoms with van der Waals surface area (Å²) >= 11 is 0. The summed E-state index contributed by atoms with van der Waals surface area (Å²) in [4.78, 5) is 36.1. The zero-order valence-electron chi connectivity index (χ0n) is 21.1. The number of fused-ring (bicyclic) bond motifs is 3. The first kappa shape index (κ1) is 25.0. The maximum atomic E-state index is 14.0. The van der Waals surface area contributed by atoms with E-state index in [9.17, 15) is 14.7 Å². The zero-order chi connectivity index (χ0) is 25.9. The molecule has 1 N–H and O–H groups in total. The van der Waals surface area contributed by atoms with Crippen molar-refractivity contribution in [3.05, 3.63) is 48.0 Å². The standard InChI is InChI=1S/C27H32N4O6/c1-3-37-26(34)23-24(18-9-10-22(35-2)21(32)17-18)31-20-8-5-4-7-19(20)28-27(31)30(25(23)33)12-6-11-29-13-15-36-16-14-29/h4-5,7-10,17,23-24,32H,3,6,11-16H2,1-2H3/t23-,24-/m0/s1. The average Bonchev–Trinajstić information content (AvgIpc) is 3.29. The molecule has 0 radical (unpaired) electrons. The molecule has 1 amide bonds. The number of aromatic nitrogens is 2. The van der Waals surface area contributed by atoms with E-state index in [1.54, 1.807) is 24.0 Å². The van der Waals surface area contributed by atoms with Crippen molar-refractivity contribution >= 4 is 28.9 Å². The third kappa shape index (κ3) is 4.74. The number of nitrogens with zero attached hydrogens (tertiary/aromatic N) is 4. The van der Waals surface area contributed by atoms with Crippen LogP contribution in [0, 0.1) is 5.92 Å². The van der Waals surface area contributed by atoms with Crippen molar-refractivity contribution in [2.75, 3.05) is 58.0 Å². The number of hydrogen-bond acceptors (Lipinski definition) is 8. The Morgan fingerprint density at radius 2 is 1.95 bits per heavy atom. The van der Waals surface area contributed by atoms with Gasteiger partial charge in [0.15, 0.2) is 17.4 Å². The number of hydrogen-bond donors (Lipinski definition) is 1. The van der Waals surface area contributed by atoms with Gasteiger partial charge >= 0.3 is 5.97 Å². The second-order valence-electron chi connectivity index (χ2n) is 9.17. The van der Waals surface area contributed by atoms with Gasteiger partial charge in [-0.15, -0.1) is 0 Å². The van der Waals surface area contributed by atoms with E-state index < -0.39 is 17.9 Å². The van der Waals surface area contributed by atoms with Crippen LogP contribution in [0.4, 0.5) is 5.95 Å². The summed E-state index contributed by atoms with van der Waals surface area (Å²) in [5.74, 6) is -1.39. The summed E-state index contributed by atoms with van der Waals surface area (Å²) in [6.45, 7) is 6.24. The highest BCUT2D eigenvalue weighted by Crippen LogP contribution is 2.43. The van der Waals surface area contributed by atoms with Gasteiger partial charge in [0.1, 0.15) is 0 Å². The number of amides is 1. The number of phenols is 1. The van der Waals surface area contributed by atoms with Crippen LogP contribution in [0.1, 0.15) is 24.9 Å². The molecule has 0 bridgehead atoms. The third-order valence-electron chi connectivity index (χ3n) is 6.99. The second kappa shape index (κ2) is 10.8. The summed E-state index contributed by atoms with van der Waals surface area (Å²) in [5.41, 5.74) is 2.09. The van der Waals surface area contributed by atoms with Crippen molar-refractivity contribution < 1.29 is 28.9 Å². The first-order valence-corrected chi connectivity index (χ1v) is 12.7. The smallest absolute Gasteiger partial charge is 0.321 e. The molecule has 0 unspecified atom stereocenters. The highest BCUT2D eigenvalue weighted by atomic mass is 16.5. The van der Waals surface area contributed by atoms with Crippen molar-refractivity contribution in [3.63, 3.8) is 0 Å². The minimum absolute atomic E-state index is 0.0750. The molecule has 0 saturated carbocycles.